The second-order valence-electron chi connectivity index (χ2n) is 3.81. The van der Waals surface area contributed by atoms with Crippen LogP contribution in [0.2, 0.25) is 0 Å². The van der Waals surface area contributed by atoms with Crippen LogP contribution in [0.3, 0.4) is 0 Å². The molecule has 2 rings (SSSR count). The third-order valence-corrected chi connectivity index (χ3v) is 3.31. The molecule has 0 atom stereocenters. The van der Waals surface area contributed by atoms with Gasteiger partial charge in [-0.15, -0.1) is 0 Å². The average molecular weight is 271 g/mol. The van der Waals surface area contributed by atoms with Crippen molar-refractivity contribution < 1.29 is 0 Å². The standard InChI is InChI=1S/C10H11BrN2O2/c1-6-4-12-9(14)3-8(11)10(15)13(12)5-7(6)2/h3H,4-5H2,1-2H3. The van der Waals surface area contributed by atoms with Crippen LogP contribution in [0.25, 0.3) is 0 Å². The van der Waals surface area contributed by atoms with Gasteiger partial charge in [-0.2, -0.15) is 0 Å². The molecule has 0 radical (unpaired) electrons. The summed E-state index contributed by atoms with van der Waals surface area (Å²) in [5, 5.41) is 0. The van der Waals surface area contributed by atoms with Gasteiger partial charge in [0.25, 0.3) is 11.1 Å². The maximum absolute atomic E-state index is 11.8. The molecule has 1 aliphatic rings. The maximum atomic E-state index is 11.8. The van der Waals surface area contributed by atoms with E-state index in [0.717, 1.165) is 11.1 Å². The molecule has 0 amide bonds. The smallest absolute Gasteiger partial charge is 0.268 e. The van der Waals surface area contributed by atoms with E-state index in [9.17, 15) is 9.59 Å². The van der Waals surface area contributed by atoms with Gasteiger partial charge in [0, 0.05) is 6.07 Å². The molecule has 1 aliphatic heterocycles. The minimum absolute atomic E-state index is 0.145. The first kappa shape index (κ1) is 10.4. The van der Waals surface area contributed by atoms with E-state index in [-0.39, 0.29) is 11.1 Å². The summed E-state index contributed by atoms with van der Waals surface area (Å²) in [7, 11) is 0. The first-order valence-electron chi connectivity index (χ1n) is 4.66. The number of allylic oxidation sites excluding steroid dienone is 2. The van der Waals surface area contributed by atoms with Gasteiger partial charge in [0.15, 0.2) is 0 Å². The Morgan fingerprint density at radius 3 is 2.27 bits per heavy atom. The van der Waals surface area contributed by atoms with Gasteiger partial charge in [-0.3, -0.25) is 9.59 Å². The summed E-state index contributed by atoms with van der Waals surface area (Å²) < 4.78 is 3.29. The Morgan fingerprint density at radius 2 is 1.67 bits per heavy atom. The van der Waals surface area contributed by atoms with Crippen molar-refractivity contribution in [2.24, 2.45) is 0 Å². The van der Waals surface area contributed by atoms with Crippen molar-refractivity contribution in [1.82, 2.24) is 9.36 Å². The fourth-order valence-corrected chi connectivity index (χ4v) is 2.04. The third-order valence-electron chi connectivity index (χ3n) is 2.74. The number of halogens is 1. The van der Waals surface area contributed by atoms with E-state index in [4.69, 9.17) is 0 Å². The summed E-state index contributed by atoms with van der Waals surface area (Å²) >= 11 is 3.10. The molecule has 0 saturated carbocycles. The Balaban J connectivity index is 2.74. The quantitative estimate of drug-likeness (QED) is 0.664. The zero-order valence-electron chi connectivity index (χ0n) is 8.58. The molecule has 0 aromatic carbocycles. The van der Waals surface area contributed by atoms with E-state index in [1.54, 1.807) is 0 Å². The monoisotopic (exact) mass is 270 g/mol. The SMILES string of the molecule is CC1=C(C)Cn2c(=O)c(Br)cc(=O)n2C1. The molecule has 1 aromatic heterocycles. The summed E-state index contributed by atoms with van der Waals surface area (Å²) in [5.74, 6) is 0. The Bertz CT molecular complexity index is 566. The Morgan fingerprint density at radius 1 is 1.13 bits per heavy atom. The highest BCUT2D eigenvalue weighted by Crippen LogP contribution is 2.12. The molecule has 2 heterocycles. The van der Waals surface area contributed by atoms with E-state index in [1.165, 1.54) is 15.4 Å². The first-order valence-corrected chi connectivity index (χ1v) is 5.45. The summed E-state index contributed by atoms with van der Waals surface area (Å²) in [4.78, 5) is 23.4. The number of fused-ring (bicyclic) bond motifs is 1. The predicted molar refractivity (Wildman–Crippen MR) is 61.0 cm³/mol. The van der Waals surface area contributed by atoms with Gasteiger partial charge in [0.2, 0.25) is 0 Å². The normalized spacial score (nSPS) is 15.4. The van der Waals surface area contributed by atoms with Gasteiger partial charge in [-0.05, 0) is 29.8 Å². The zero-order valence-corrected chi connectivity index (χ0v) is 10.2. The molecular weight excluding hydrogens is 260 g/mol. The molecule has 0 N–H and O–H groups in total. The van der Waals surface area contributed by atoms with Crippen molar-refractivity contribution in [3.05, 3.63) is 42.4 Å². The fourth-order valence-electron chi connectivity index (χ4n) is 1.64. The third kappa shape index (κ3) is 1.61. The minimum Gasteiger partial charge on any atom is -0.268 e. The van der Waals surface area contributed by atoms with Crippen LogP contribution in [0.4, 0.5) is 0 Å². The summed E-state index contributed by atoms with van der Waals surface area (Å²) in [6, 6.07) is 1.33. The van der Waals surface area contributed by atoms with Crippen LogP contribution in [0.1, 0.15) is 13.8 Å². The highest BCUT2D eigenvalue weighted by Gasteiger charge is 2.15. The summed E-state index contributed by atoms with van der Waals surface area (Å²) in [6.07, 6.45) is 0. The fraction of sp³-hybridized carbons (Fsp3) is 0.400. The van der Waals surface area contributed by atoms with E-state index in [1.807, 2.05) is 13.8 Å². The lowest BCUT2D eigenvalue weighted by molar-refractivity contribution is 0.429. The molecule has 80 valence electrons. The predicted octanol–water partition coefficient (Wildman–Crippen LogP) is 1.12. The molecule has 15 heavy (non-hydrogen) atoms. The van der Waals surface area contributed by atoms with Gasteiger partial charge in [-0.1, -0.05) is 11.1 Å². The van der Waals surface area contributed by atoms with Crippen molar-refractivity contribution in [1.29, 1.82) is 0 Å². The van der Waals surface area contributed by atoms with Crippen LogP contribution in [0.5, 0.6) is 0 Å². The molecule has 0 saturated heterocycles. The number of rotatable bonds is 0. The van der Waals surface area contributed by atoms with Crippen molar-refractivity contribution in [3.63, 3.8) is 0 Å². The molecule has 0 aliphatic carbocycles. The molecule has 1 aromatic rings. The number of aromatic nitrogens is 2. The average Bonchev–Trinajstić information content (AvgIpc) is 2.18. The Labute approximate surface area is 94.9 Å². The van der Waals surface area contributed by atoms with E-state index in [2.05, 4.69) is 15.9 Å². The van der Waals surface area contributed by atoms with Crippen molar-refractivity contribution in [3.8, 4) is 0 Å². The molecule has 4 nitrogen and oxygen atoms in total. The molecule has 0 fully saturated rings. The number of hydrogen-bond acceptors (Lipinski definition) is 2. The minimum atomic E-state index is -0.151. The molecule has 5 heteroatoms. The van der Waals surface area contributed by atoms with E-state index < -0.39 is 0 Å². The van der Waals surface area contributed by atoms with Gasteiger partial charge in [-0.25, -0.2) is 9.36 Å². The lowest BCUT2D eigenvalue weighted by Crippen LogP contribution is -2.41. The molecule has 0 bridgehead atoms. The Kier molecular flexibility index (Phi) is 2.42. The number of nitrogens with zero attached hydrogens (tertiary/aromatic N) is 2. The maximum Gasteiger partial charge on any atom is 0.280 e. The summed E-state index contributed by atoms with van der Waals surface area (Å²) in [6.45, 7) is 4.97. The topological polar surface area (TPSA) is 44.0 Å². The van der Waals surface area contributed by atoms with Crippen LogP contribution < -0.4 is 11.1 Å². The second kappa shape index (κ2) is 3.48. The summed E-state index contributed by atoms with van der Waals surface area (Å²) in [5.41, 5.74) is 2.00. The van der Waals surface area contributed by atoms with Gasteiger partial charge in [0.1, 0.15) is 0 Å². The lowest BCUT2D eigenvalue weighted by atomic mass is 10.1. The first-order chi connectivity index (χ1) is 7.00. The highest BCUT2D eigenvalue weighted by atomic mass is 79.9. The van der Waals surface area contributed by atoms with Crippen LogP contribution in [-0.4, -0.2) is 9.36 Å². The van der Waals surface area contributed by atoms with Crippen LogP contribution in [0, 0.1) is 0 Å². The zero-order chi connectivity index (χ0) is 11.2. The molecule has 0 unspecified atom stereocenters. The second-order valence-corrected chi connectivity index (χ2v) is 4.67. The largest absolute Gasteiger partial charge is 0.280 e. The van der Waals surface area contributed by atoms with Crippen LogP contribution in [-0.2, 0) is 13.1 Å². The van der Waals surface area contributed by atoms with Gasteiger partial charge in [0.05, 0.1) is 17.6 Å². The van der Waals surface area contributed by atoms with Gasteiger partial charge < -0.3 is 0 Å². The molecule has 0 spiro atoms. The van der Waals surface area contributed by atoms with Crippen molar-refractivity contribution in [2.75, 3.05) is 0 Å². The molecular formula is C10H11BrN2O2. The van der Waals surface area contributed by atoms with Crippen LogP contribution >= 0.6 is 15.9 Å². The van der Waals surface area contributed by atoms with E-state index >= 15 is 0 Å². The van der Waals surface area contributed by atoms with Crippen molar-refractivity contribution in [2.45, 2.75) is 26.9 Å². The van der Waals surface area contributed by atoms with Crippen LogP contribution in [0.15, 0.2) is 31.3 Å². The Hall–Kier alpha value is -1.10. The van der Waals surface area contributed by atoms with E-state index in [0.29, 0.717) is 17.6 Å². The highest BCUT2D eigenvalue weighted by molar-refractivity contribution is 9.10. The lowest BCUT2D eigenvalue weighted by Gasteiger charge is -2.22. The number of hydrogen-bond donors (Lipinski definition) is 0. The van der Waals surface area contributed by atoms with Gasteiger partial charge >= 0.3 is 0 Å². The van der Waals surface area contributed by atoms with Crippen molar-refractivity contribution >= 4 is 15.9 Å².